The summed E-state index contributed by atoms with van der Waals surface area (Å²) < 4.78 is 0. The minimum absolute atomic E-state index is 0.503. The summed E-state index contributed by atoms with van der Waals surface area (Å²) in [6.45, 7) is 0. The Labute approximate surface area is 62.8 Å². The van der Waals surface area contributed by atoms with E-state index in [1.165, 1.54) is 0 Å². The monoisotopic (exact) mass is 151 g/mol. The molecule has 2 aromatic rings. The summed E-state index contributed by atoms with van der Waals surface area (Å²) in [6.07, 6.45) is 2.82. The lowest BCUT2D eigenvalue weighted by Crippen LogP contribution is -1.74. The number of nitrogens with zero attached hydrogens (tertiary/aromatic N) is 1. The molecule has 0 amide bonds. The van der Waals surface area contributed by atoms with Crippen LogP contribution in [0.25, 0.3) is 11.0 Å². The quantitative estimate of drug-likeness (QED) is 0.574. The van der Waals surface area contributed by atoms with E-state index in [9.17, 15) is 0 Å². The highest BCUT2D eigenvalue weighted by Gasteiger charge is 1.94. The van der Waals surface area contributed by atoms with Crippen molar-refractivity contribution < 1.29 is 0 Å². The third-order valence-electron chi connectivity index (χ3n) is 1.31. The van der Waals surface area contributed by atoms with Gasteiger partial charge in [-0.3, -0.25) is 0 Å². The van der Waals surface area contributed by atoms with Gasteiger partial charge in [-0.25, -0.2) is 4.98 Å². The minimum atomic E-state index is 0.503. The molecule has 2 aromatic heterocycles. The van der Waals surface area contributed by atoms with Crippen LogP contribution in [-0.4, -0.2) is 9.97 Å². The van der Waals surface area contributed by atoms with Gasteiger partial charge in [-0.1, -0.05) is 11.6 Å². The van der Waals surface area contributed by atoms with E-state index in [4.69, 9.17) is 11.6 Å². The van der Waals surface area contributed by atoms with Crippen LogP contribution >= 0.6 is 11.6 Å². The lowest BCUT2D eigenvalue weighted by molar-refractivity contribution is 1.32. The number of aromatic nitrogens is 2. The normalized spacial score (nSPS) is 10.5. The predicted molar refractivity (Wildman–Crippen MR) is 39.9 cm³/mol. The van der Waals surface area contributed by atoms with Crippen molar-refractivity contribution in [3.8, 4) is 0 Å². The molecule has 0 aliphatic heterocycles. The first-order valence-corrected chi connectivity index (χ1v) is 3.25. The molecule has 1 N–H and O–H groups in total. The van der Waals surface area contributed by atoms with Crippen molar-refractivity contribution in [1.82, 2.24) is 9.97 Å². The van der Waals surface area contributed by atoms with Crippen molar-refractivity contribution in [3.05, 3.63) is 29.5 Å². The number of pyridine rings is 1. The van der Waals surface area contributed by atoms with E-state index >= 15 is 0 Å². The van der Waals surface area contributed by atoms with Crippen LogP contribution in [0.4, 0.5) is 0 Å². The SMILES string of the molecule is Clc1ccc2c[c][nH]c2n1. The van der Waals surface area contributed by atoms with Gasteiger partial charge < -0.3 is 4.98 Å². The van der Waals surface area contributed by atoms with Crippen molar-refractivity contribution in [1.29, 1.82) is 0 Å². The fourth-order valence-electron chi connectivity index (χ4n) is 0.845. The summed E-state index contributed by atoms with van der Waals surface area (Å²) in [4.78, 5) is 6.85. The summed E-state index contributed by atoms with van der Waals surface area (Å²) in [5, 5.41) is 1.53. The van der Waals surface area contributed by atoms with Gasteiger partial charge >= 0.3 is 0 Å². The molecule has 0 aliphatic rings. The molecular formula is C7H4ClN2. The van der Waals surface area contributed by atoms with E-state index < -0.39 is 0 Å². The van der Waals surface area contributed by atoms with Gasteiger partial charge in [0.2, 0.25) is 0 Å². The average Bonchev–Trinajstić information content (AvgIpc) is 2.33. The average molecular weight is 152 g/mol. The highest BCUT2D eigenvalue weighted by atomic mass is 35.5. The van der Waals surface area contributed by atoms with E-state index in [-0.39, 0.29) is 0 Å². The Morgan fingerprint density at radius 3 is 3.30 bits per heavy atom. The Morgan fingerprint density at radius 1 is 1.50 bits per heavy atom. The topological polar surface area (TPSA) is 28.7 Å². The highest BCUT2D eigenvalue weighted by Crippen LogP contribution is 2.12. The summed E-state index contributed by atoms with van der Waals surface area (Å²) in [5.74, 6) is 0. The zero-order valence-corrected chi connectivity index (χ0v) is 5.81. The van der Waals surface area contributed by atoms with Crippen molar-refractivity contribution in [3.63, 3.8) is 0 Å². The number of nitrogens with one attached hydrogen (secondary N) is 1. The first-order chi connectivity index (χ1) is 4.86. The van der Waals surface area contributed by atoms with Crippen LogP contribution in [0.3, 0.4) is 0 Å². The molecule has 0 aliphatic carbocycles. The van der Waals surface area contributed by atoms with Crippen LogP contribution in [-0.2, 0) is 0 Å². The molecule has 2 nitrogen and oxygen atoms in total. The van der Waals surface area contributed by atoms with Crippen LogP contribution in [0.2, 0.25) is 5.15 Å². The van der Waals surface area contributed by atoms with Crippen LogP contribution in [0.15, 0.2) is 18.2 Å². The summed E-state index contributed by atoms with van der Waals surface area (Å²) >= 11 is 5.63. The van der Waals surface area contributed by atoms with E-state index in [2.05, 4.69) is 16.2 Å². The molecule has 2 rings (SSSR count). The molecule has 49 valence electrons. The molecule has 0 saturated carbocycles. The number of H-pyrrole nitrogens is 1. The van der Waals surface area contributed by atoms with Crippen molar-refractivity contribution in [2.45, 2.75) is 0 Å². The van der Waals surface area contributed by atoms with E-state index in [0.717, 1.165) is 11.0 Å². The lowest BCUT2D eigenvalue weighted by atomic mass is 10.3. The predicted octanol–water partition coefficient (Wildman–Crippen LogP) is 2.02. The number of rotatable bonds is 0. The Kier molecular flexibility index (Phi) is 1.14. The van der Waals surface area contributed by atoms with E-state index in [1.807, 2.05) is 12.1 Å². The molecule has 2 heterocycles. The standard InChI is InChI=1S/C7H4ClN2/c8-6-2-1-5-3-4-9-7(5)10-6/h1-3H,(H,9,10). The molecule has 0 bridgehead atoms. The third kappa shape index (κ3) is 0.772. The Balaban J connectivity index is 2.86. The van der Waals surface area contributed by atoms with Gasteiger partial charge in [0, 0.05) is 5.39 Å². The number of hydrogen-bond acceptors (Lipinski definition) is 1. The molecule has 10 heavy (non-hydrogen) atoms. The molecule has 3 heteroatoms. The number of fused-ring (bicyclic) bond motifs is 1. The van der Waals surface area contributed by atoms with Crippen LogP contribution in [0, 0.1) is 6.20 Å². The van der Waals surface area contributed by atoms with Gasteiger partial charge in [0.1, 0.15) is 10.8 Å². The van der Waals surface area contributed by atoms with Crippen LogP contribution in [0.5, 0.6) is 0 Å². The fourth-order valence-corrected chi connectivity index (χ4v) is 0.992. The second-order valence-electron chi connectivity index (χ2n) is 1.99. The van der Waals surface area contributed by atoms with Crippen molar-refractivity contribution in [2.24, 2.45) is 0 Å². The first-order valence-electron chi connectivity index (χ1n) is 2.87. The Morgan fingerprint density at radius 2 is 2.40 bits per heavy atom. The second-order valence-corrected chi connectivity index (χ2v) is 2.37. The molecular weight excluding hydrogens is 148 g/mol. The molecule has 1 radical (unpaired) electrons. The minimum Gasteiger partial charge on any atom is -0.338 e. The Bertz CT molecular complexity index is 353. The molecule has 0 fully saturated rings. The molecule has 0 saturated heterocycles. The zero-order chi connectivity index (χ0) is 6.97. The Hall–Kier alpha value is -1.02. The van der Waals surface area contributed by atoms with Crippen LogP contribution in [0.1, 0.15) is 0 Å². The number of halogens is 1. The van der Waals surface area contributed by atoms with Gasteiger partial charge in [0.15, 0.2) is 0 Å². The molecule has 0 atom stereocenters. The summed E-state index contributed by atoms with van der Waals surface area (Å²) in [5.41, 5.74) is 0.785. The number of aromatic amines is 1. The van der Waals surface area contributed by atoms with Crippen LogP contribution < -0.4 is 0 Å². The van der Waals surface area contributed by atoms with Gasteiger partial charge in [0.25, 0.3) is 0 Å². The summed E-state index contributed by atoms with van der Waals surface area (Å²) in [6, 6.07) is 5.49. The first kappa shape index (κ1) is 5.74. The third-order valence-corrected chi connectivity index (χ3v) is 1.52. The van der Waals surface area contributed by atoms with Crippen molar-refractivity contribution >= 4 is 22.6 Å². The maximum atomic E-state index is 5.63. The molecule has 0 unspecified atom stereocenters. The summed E-state index contributed by atoms with van der Waals surface area (Å²) in [7, 11) is 0. The maximum absolute atomic E-state index is 5.63. The smallest absolute Gasteiger partial charge is 0.139 e. The fraction of sp³-hybridized carbons (Fsp3) is 0. The zero-order valence-electron chi connectivity index (χ0n) is 5.06. The maximum Gasteiger partial charge on any atom is 0.139 e. The van der Waals surface area contributed by atoms with Gasteiger partial charge in [-0.05, 0) is 18.2 Å². The van der Waals surface area contributed by atoms with Gasteiger partial charge in [-0.15, -0.1) is 0 Å². The second kappa shape index (κ2) is 1.99. The van der Waals surface area contributed by atoms with E-state index in [0.29, 0.717) is 5.15 Å². The molecule has 0 spiro atoms. The highest BCUT2D eigenvalue weighted by molar-refractivity contribution is 6.29. The van der Waals surface area contributed by atoms with E-state index in [1.54, 1.807) is 6.07 Å². The molecule has 0 aromatic carbocycles. The van der Waals surface area contributed by atoms with Gasteiger partial charge in [-0.2, -0.15) is 0 Å². The van der Waals surface area contributed by atoms with Crippen molar-refractivity contribution in [2.75, 3.05) is 0 Å². The number of hydrogen-bond donors (Lipinski definition) is 1. The lowest BCUT2D eigenvalue weighted by Gasteiger charge is -1.87. The largest absolute Gasteiger partial charge is 0.338 e. The van der Waals surface area contributed by atoms with Gasteiger partial charge in [0.05, 0.1) is 6.20 Å².